The molecule has 2 nitrogen and oxygen atoms in total. The number of aryl methyl sites for hydroxylation is 2. The minimum atomic E-state index is -0.0826. The molecule has 3 rings (SSSR count). The summed E-state index contributed by atoms with van der Waals surface area (Å²) in [6, 6.07) is 22.6. The Labute approximate surface area is 176 Å². The average Bonchev–Trinajstić information content (AvgIpc) is 2.74. The van der Waals surface area contributed by atoms with Crippen LogP contribution in [0.5, 0.6) is 5.75 Å². The van der Waals surface area contributed by atoms with Crippen molar-refractivity contribution in [2.75, 3.05) is 0 Å². The maximum absolute atomic E-state index is 10.7. The normalized spacial score (nSPS) is 12.3. The van der Waals surface area contributed by atoms with E-state index in [1.165, 1.54) is 16.4 Å². The number of nitrogens with zero attached hydrogens (tertiary/aromatic N) is 1. The third kappa shape index (κ3) is 4.95. The van der Waals surface area contributed by atoms with Crippen molar-refractivity contribution in [3.63, 3.8) is 0 Å². The first-order valence-corrected chi connectivity index (χ1v) is 11.3. The molecule has 0 radical (unpaired) electrons. The summed E-state index contributed by atoms with van der Waals surface area (Å²) in [5, 5.41) is 11.9. The zero-order valence-corrected chi connectivity index (χ0v) is 18.7. The molecule has 0 saturated heterocycles. The summed E-state index contributed by atoms with van der Waals surface area (Å²) in [4.78, 5) is 4.69. The van der Waals surface area contributed by atoms with Gasteiger partial charge in [-0.15, -0.1) is 0 Å². The van der Waals surface area contributed by atoms with E-state index >= 15 is 0 Å². The van der Waals surface area contributed by atoms with Gasteiger partial charge in [-0.1, -0.05) is 76.0 Å². The highest BCUT2D eigenvalue weighted by atomic mass is 31.1. The van der Waals surface area contributed by atoms with Gasteiger partial charge in [0.15, 0.2) is 0 Å². The molecule has 0 aromatic heterocycles. The van der Waals surface area contributed by atoms with Crippen molar-refractivity contribution in [3.05, 3.63) is 89.0 Å². The fourth-order valence-electron chi connectivity index (χ4n) is 3.73. The molecule has 1 N–H and O–H groups in total. The van der Waals surface area contributed by atoms with Crippen molar-refractivity contribution in [1.29, 1.82) is 0 Å². The zero-order chi connectivity index (χ0) is 20.9. The van der Waals surface area contributed by atoms with E-state index in [-0.39, 0.29) is 5.16 Å². The van der Waals surface area contributed by atoms with E-state index in [2.05, 4.69) is 52.0 Å². The maximum Gasteiger partial charge on any atom is 0.119 e. The van der Waals surface area contributed by atoms with E-state index in [1.54, 1.807) is 0 Å². The molecule has 3 aromatic rings. The van der Waals surface area contributed by atoms with Crippen LogP contribution in [0.25, 0.3) is 0 Å². The molecule has 0 saturated carbocycles. The fourth-order valence-corrected chi connectivity index (χ4v) is 5.38. The van der Waals surface area contributed by atoms with E-state index in [0.29, 0.717) is 14.3 Å². The molecule has 29 heavy (non-hydrogen) atoms. The molecule has 0 aliphatic heterocycles. The van der Waals surface area contributed by atoms with Crippen molar-refractivity contribution in [3.8, 4) is 5.75 Å². The zero-order valence-electron chi connectivity index (χ0n) is 17.7. The third-order valence-corrected chi connectivity index (χ3v) is 7.74. The molecule has 0 fully saturated rings. The van der Waals surface area contributed by atoms with Gasteiger partial charge in [-0.05, 0) is 56.3 Å². The van der Waals surface area contributed by atoms with Gasteiger partial charge < -0.3 is 5.11 Å². The molecule has 0 spiro atoms. The van der Waals surface area contributed by atoms with Crippen LogP contribution in [0.3, 0.4) is 0 Å². The standard InChI is InChI=1S/C26H30NOP/c1-5-26(6-2,23-17-20(4)12-14-24(23)28)29-25-15-13-19(3)16-21(25)18-27-22-10-8-7-9-11-22/h7-18,28-29H,5-6H2,1-4H3/b27-18+. The number of hydrogen-bond donors (Lipinski definition) is 1. The van der Waals surface area contributed by atoms with Gasteiger partial charge in [0.2, 0.25) is 0 Å². The van der Waals surface area contributed by atoms with Crippen LogP contribution in [-0.4, -0.2) is 11.3 Å². The number of para-hydroxylation sites is 1. The number of hydrogen-bond acceptors (Lipinski definition) is 2. The van der Waals surface area contributed by atoms with E-state index in [1.807, 2.05) is 48.7 Å². The Hall–Kier alpha value is -2.44. The van der Waals surface area contributed by atoms with Crippen LogP contribution in [0.1, 0.15) is 48.9 Å². The molecule has 1 unspecified atom stereocenters. The number of benzene rings is 3. The second kappa shape index (κ2) is 9.37. The van der Waals surface area contributed by atoms with Crippen molar-refractivity contribution in [1.82, 2.24) is 0 Å². The Balaban J connectivity index is 2.03. The van der Waals surface area contributed by atoms with Gasteiger partial charge in [-0.25, -0.2) is 0 Å². The van der Waals surface area contributed by atoms with Gasteiger partial charge in [-0.3, -0.25) is 4.99 Å². The minimum Gasteiger partial charge on any atom is -0.508 e. The van der Waals surface area contributed by atoms with Gasteiger partial charge in [-0.2, -0.15) is 0 Å². The molecule has 3 aromatic carbocycles. The first kappa shape index (κ1) is 21.3. The summed E-state index contributed by atoms with van der Waals surface area (Å²) in [5.41, 5.74) is 5.59. The lowest BCUT2D eigenvalue weighted by Crippen LogP contribution is -2.23. The van der Waals surface area contributed by atoms with Crippen LogP contribution in [0.2, 0.25) is 0 Å². The van der Waals surface area contributed by atoms with Gasteiger partial charge in [0.25, 0.3) is 0 Å². The summed E-state index contributed by atoms with van der Waals surface area (Å²) in [6.07, 6.45) is 3.93. The predicted molar refractivity (Wildman–Crippen MR) is 128 cm³/mol. The van der Waals surface area contributed by atoms with Crippen molar-refractivity contribution in [2.24, 2.45) is 4.99 Å². The number of aromatic hydroxyl groups is 1. The molecular weight excluding hydrogens is 373 g/mol. The summed E-state index contributed by atoms with van der Waals surface area (Å²) >= 11 is 0. The van der Waals surface area contributed by atoms with E-state index in [9.17, 15) is 5.11 Å². The topological polar surface area (TPSA) is 32.6 Å². The van der Waals surface area contributed by atoms with E-state index < -0.39 is 0 Å². The summed E-state index contributed by atoms with van der Waals surface area (Å²) in [6.45, 7) is 8.66. The van der Waals surface area contributed by atoms with E-state index in [4.69, 9.17) is 4.99 Å². The van der Waals surface area contributed by atoms with Crippen LogP contribution in [0.4, 0.5) is 5.69 Å². The van der Waals surface area contributed by atoms with Crippen LogP contribution in [-0.2, 0) is 5.16 Å². The monoisotopic (exact) mass is 403 g/mol. The lowest BCUT2D eigenvalue weighted by atomic mass is 9.91. The molecule has 0 amide bonds. The Bertz CT molecular complexity index is 991. The number of phenols is 1. The van der Waals surface area contributed by atoms with Crippen LogP contribution in [0.15, 0.2) is 71.7 Å². The van der Waals surface area contributed by atoms with Crippen LogP contribution >= 0.6 is 8.58 Å². The highest BCUT2D eigenvalue weighted by Gasteiger charge is 2.32. The predicted octanol–water partition coefficient (Wildman–Crippen LogP) is 6.78. The summed E-state index contributed by atoms with van der Waals surface area (Å²) in [5.74, 6) is 0.401. The molecule has 0 bridgehead atoms. The van der Waals surface area contributed by atoms with Crippen molar-refractivity contribution < 1.29 is 5.11 Å². The van der Waals surface area contributed by atoms with Gasteiger partial charge in [0, 0.05) is 22.5 Å². The third-order valence-electron chi connectivity index (χ3n) is 5.56. The molecular formula is C26H30NOP. The quantitative estimate of drug-likeness (QED) is 0.342. The minimum absolute atomic E-state index is 0.0826. The van der Waals surface area contributed by atoms with Crippen molar-refractivity contribution >= 4 is 25.8 Å². The number of rotatable bonds is 7. The Morgan fingerprint density at radius 3 is 2.24 bits per heavy atom. The van der Waals surface area contributed by atoms with Gasteiger partial charge >= 0.3 is 0 Å². The molecule has 0 aliphatic rings. The second-order valence-electron chi connectivity index (χ2n) is 7.62. The van der Waals surface area contributed by atoms with Gasteiger partial charge in [0.05, 0.1) is 5.69 Å². The van der Waals surface area contributed by atoms with Gasteiger partial charge in [0.1, 0.15) is 5.75 Å². The highest BCUT2D eigenvalue weighted by Crippen LogP contribution is 2.50. The Kier molecular flexibility index (Phi) is 6.87. The summed E-state index contributed by atoms with van der Waals surface area (Å²) < 4.78 is 0. The van der Waals surface area contributed by atoms with Crippen molar-refractivity contribution in [2.45, 2.75) is 45.7 Å². The SMILES string of the molecule is CCC(CC)(Pc1ccc(C)cc1/C=N/c1ccccc1)c1cc(C)ccc1O. The number of phenolic OH excluding ortho intramolecular Hbond substituents is 1. The average molecular weight is 404 g/mol. The van der Waals surface area contributed by atoms with Crippen LogP contribution < -0.4 is 5.30 Å². The smallest absolute Gasteiger partial charge is 0.119 e. The molecule has 3 heteroatoms. The lowest BCUT2D eigenvalue weighted by molar-refractivity contribution is 0.448. The second-order valence-corrected chi connectivity index (χ2v) is 9.37. The van der Waals surface area contributed by atoms with E-state index in [0.717, 1.165) is 29.7 Å². The molecule has 0 aliphatic carbocycles. The fraction of sp³-hybridized carbons (Fsp3) is 0.269. The molecule has 1 atom stereocenters. The highest BCUT2D eigenvalue weighted by molar-refractivity contribution is 7.48. The Morgan fingerprint density at radius 2 is 1.55 bits per heavy atom. The first-order valence-electron chi connectivity index (χ1n) is 10.3. The summed E-state index contributed by atoms with van der Waals surface area (Å²) in [7, 11) is 0.548. The molecule has 0 heterocycles. The molecule has 150 valence electrons. The lowest BCUT2D eigenvalue weighted by Gasteiger charge is -2.34. The largest absolute Gasteiger partial charge is 0.508 e. The van der Waals surface area contributed by atoms with Crippen LogP contribution in [0, 0.1) is 13.8 Å². The number of aliphatic imine (C=N–C) groups is 1. The first-order chi connectivity index (χ1) is 14.0. The maximum atomic E-state index is 10.7. The Morgan fingerprint density at radius 1 is 0.897 bits per heavy atom.